The molecule has 0 aliphatic carbocycles. The summed E-state index contributed by atoms with van der Waals surface area (Å²) in [5.74, 6) is 2.94. The Kier molecular flexibility index (Phi) is 14.9. The van der Waals surface area contributed by atoms with E-state index in [1.54, 1.807) is 28.4 Å². The highest BCUT2D eigenvalue weighted by atomic mass is 31.3. The average molecular weight is 703 g/mol. The normalized spacial score (nSPS) is 11.5. The Hall–Kier alpha value is -3.11. The van der Waals surface area contributed by atoms with Crippen LogP contribution < -0.4 is 34.8 Å². The zero-order chi connectivity index (χ0) is 33.5. The van der Waals surface area contributed by atoms with Crippen LogP contribution in [0.2, 0.25) is 0 Å². The van der Waals surface area contributed by atoms with Crippen LogP contribution in [0.25, 0.3) is 0 Å². The monoisotopic (exact) mass is 702 g/mol. The maximum Gasteiger partial charge on any atom is 0.301 e. The fourth-order valence-electron chi connectivity index (χ4n) is 3.98. The summed E-state index contributed by atoms with van der Waals surface area (Å²) in [6, 6.07) is 30.1. The summed E-state index contributed by atoms with van der Waals surface area (Å²) in [7, 11) is -0.638. The van der Waals surface area contributed by atoms with Gasteiger partial charge >= 0.3 is 7.66 Å². The number of hydrogen-bond donors (Lipinski definition) is 3. The summed E-state index contributed by atoms with van der Waals surface area (Å²) < 4.78 is 51.5. The van der Waals surface area contributed by atoms with Crippen LogP contribution in [0.3, 0.4) is 0 Å². The first-order chi connectivity index (χ1) is 22.8. The maximum atomic E-state index is 6.49. The third kappa shape index (κ3) is 12.1. The van der Waals surface area contributed by atoms with Crippen molar-refractivity contribution in [2.45, 2.75) is 26.4 Å². The molecule has 4 aromatic carbocycles. The molecule has 252 valence electrons. The van der Waals surface area contributed by atoms with Crippen LogP contribution in [0.4, 0.5) is 0 Å². The molecule has 0 heterocycles. The molecule has 15 heteroatoms. The Bertz CT molecular complexity index is 1440. The molecule has 0 aliphatic rings. The SMILES string of the molecule is COc1ccc(COP(NP(=NP(N)N)(OCc2ccc(OC)cc2)OCc2ccc(OC)cc2)OCc2ccc(OC)cc2)cc1. The second kappa shape index (κ2) is 19.0. The van der Waals surface area contributed by atoms with E-state index in [0.29, 0.717) is 0 Å². The molecule has 0 aromatic heterocycles. The molecule has 0 saturated heterocycles. The van der Waals surface area contributed by atoms with Crippen LogP contribution in [0.15, 0.2) is 102 Å². The molecular weight excluding hydrogens is 661 g/mol. The minimum atomic E-state index is -3.41. The number of methoxy groups -OCH3 is 4. The van der Waals surface area contributed by atoms with E-state index in [9.17, 15) is 0 Å². The maximum absolute atomic E-state index is 6.49. The number of nitrogens with two attached hydrogens (primary N) is 2. The fraction of sp³-hybridized carbons (Fsp3) is 0.250. The van der Waals surface area contributed by atoms with Crippen LogP contribution in [0, 0.1) is 0 Å². The lowest BCUT2D eigenvalue weighted by atomic mass is 10.2. The van der Waals surface area contributed by atoms with Gasteiger partial charge in [0.1, 0.15) is 23.0 Å². The van der Waals surface area contributed by atoms with Gasteiger partial charge in [-0.2, -0.15) is 9.37 Å². The smallest absolute Gasteiger partial charge is 0.301 e. The van der Waals surface area contributed by atoms with Gasteiger partial charge in [-0.05, 0) is 70.8 Å². The summed E-state index contributed by atoms with van der Waals surface area (Å²) in [6.07, 6.45) is 0. The Balaban J connectivity index is 1.63. The van der Waals surface area contributed by atoms with Crippen molar-refractivity contribution in [2.24, 2.45) is 15.5 Å². The van der Waals surface area contributed by atoms with E-state index in [0.717, 1.165) is 45.3 Å². The van der Waals surface area contributed by atoms with E-state index in [-0.39, 0.29) is 26.4 Å². The Labute approximate surface area is 278 Å². The zero-order valence-corrected chi connectivity index (χ0v) is 29.5. The third-order valence-electron chi connectivity index (χ3n) is 6.57. The fourth-order valence-corrected chi connectivity index (χ4v) is 9.08. The van der Waals surface area contributed by atoms with Crippen molar-refractivity contribution >= 4 is 24.6 Å². The van der Waals surface area contributed by atoms with Crippen molar-refractivity contribution in [3.05, 3.63) is 119 Å². The van der Waals surface area contributed by atoms with Gasteiger partial charge in [-0.1, -0.05) is 48.5 Å². The van der Waals surface area contributed by atoms with Crippen molar-refractivity contribution in [2.75, 3.05) is 28.4 Å². The van der Waals surface area contributed by atoms with Gasteiger partial charge in [0.2, 0.25) is 0 Å². The van der Waals surface area contributed by atoms with Gasteiger partial charge in [0.15, 0.2) is 8.37 Å². The first-order valence-corrected chi connectivity index (χ1v) is 18.6. The molecule has 0 radical (unpaired) electrons. The highest BCUT2D eigenvalue weighted by molar-refractivity contribution is 7.71. The minimum Gasteiger partial charge on any atom is -0.497 e. The highest BCUT2D eigenvalue weighted by Gasteiger charge is 2.30. The van der Waals surface area contributed by atoms with Crippen LogP contribution >= 0.6 is 24.6 Å². The van der Waals surface area contributed by atoms with E-state index >= 15 is 0 Å². The lowest BCUT2D eigenvalue weighted by Gasteiger charge is -2.29. The van der Waals surface area contributed by atoms with E-state index < -0.39 is 24.6 Å². The van der Waals surface area contributed by atoms with Gasteiger partial charge in [-0.25, -0.2) is 0 Å². The number of benzene rings is 4. The minimum absolute atomic E-state index is 0.139. The molecule has 4 rings (SSSR count). The van der Waals surface area contributed by atoms with Crippen molar-refractivity contribution in [3.8, 4) is 23.0 Å². The summed E-state index contributed by atoms with van der Waals surface area (Å²) in [4.78, 5) is 3.35. The van der Waals surface area contributed by atoms with Gasteiger partial charge in [-0.3, -0.25) is 11.0 Å². The highest BCUT2D eigenvalue weighted by Crippen LogP contribution is 2.60. The van der Waals surface area contributed by atoms with E-state index in [1.165, 1.54) is 0 Å². The molecule has 0 aliphatic heterocycles. The molecule has 4 aromatic rings. The van der Waals surface area contributed by atoms with Gasteiger partial charge in [0.25, 0.3) is 8.53 Å². The second-order valence-corrected chi connectivity index (χ2v) is 14.7. The summed E-state index contributed by atoms with van der Waals surface area (Å²) in [5, 5.41) is 0. The van der Waals surface area contributed by atoms with Crippen molar-refractivity contribution in [3.63, 3.8) is 0 Å². The lowest BCUT2D eigenvalue weighted by molar-refractivity contribution is 0.208. The molecule has 12 nitrogen and oxygen atoms in total. The number of rotatable bonds is 19. The van der Waals surface area contributed by atoms with Crippen LogP contribution in [0.1, 0.15) is 22.3 Å². The second-order valence-electron chi connectivity index (χ2n) is 9.83. The van der Waals surface area contributed by atoms with Crippen LogP contribution in [-0.2, 0) is 44.5 Å². The molecule has 0 atom stereocenters. The van der Waals surface area contributed by atoms with Crippen LogP contribution in [0.5, 0.6) is 23.0 Å². The molecular formula is C32H41N4O8P3. The number of nitrogens with zero attached hydrogens (tertiary/aromatic N) is 1. The van der Waals surface area contributed by atoms with E-state index in [4.69, 9.17) is 48.1 Å². The Morgan fingerprint density at radius 2 is 0.809 bits per heavy atom. The molecule has 0 fully saturated rings. The topological polar surface area (TPSA) is 150 Å². The van der Waals surface area contributed by atoms with Crippen molar-refractivity contribution in [1.82, 2.24) is 4.86 Å². The standard InChI is InChI=1S/C32H41N4O8P3/c1-37-29-13-5-25(6-14-29)21-41-46(42-22-26-7-15-30(38-2)16-8-26)36-47(35-45(33)34,43-23-27-9-17-31(39-3)18-10-27)44-24-28-11-19-32(40-4)20-12-28/h5-20,36H,21-24,33-34H2,1-4H3. The molecule has 5 N–H and O–H groups in total. The summed E-state index contributed by atoms with van der Waals surface area (Å²) in [5.41, 5.74) is 15.8. The van der Waals surface area contributed by atoms with Crippen LogP contribution in [-0.4, -0.2) is 28.4 Å². The predicted molar refractivity (Wildman–Crippen MR) is 186 cm³/mol. The third-order valence-corrected chi connectivity index (χ3v) is 11.7. The quantitative estimate of drug-likeness (QED) is 0.0822. The summed E-state index contributed by atoms with van der Waals surface area (Å²) >= 11 is 0. The van der Waals surface area contributed by atoms with Gasteiger partial charge in [0.05, 0.1) is 54.9 Å². The van der Waals surface area contributed by atoms with E-state index in [1.807, 2.05) is 97.1 Å². The Morgan fingerprint density at radius 1 is 0.511 bits per heavy atom. The molecule has 0 bridgehead atoms. The molecule has 0 unspecified atom stereocenters. The first-order valence-electron chi connectivity index (χ1n) is 14.4. The lowest BCUT2D eigenvalue weighted by Crippen LogP contribution is -2.15. The Morgan fingerprint density at radius 3 is 1.09 bits per heavy atom. The van der Waals surface area contributed by atoms with Crippen molar-refractivity contribution in [1.29, 1.82) is 0 Å². The first kappa shape index (κ1) is 36.7. The zero-order valence-electron chi connectivity index (χ0n) is 26.8. The average Bonchev–Trinajstić information content (AvgIpc) is 3.11. The summed E-state index contributed by atoms with van der Waals surface area (Å²) in [6.45, 7) is 0.727. The molecule has 0 amide bonds. The van der Waals surface area contributed by atoms with Crippen molar-refractivity contribution < 1.29 is 37.0 Å². The van der Waals surface area contributed by atoms with Gasteiger partial charge in [-0.15, -0.1) is 0 Å². The molecule has 47 heavy (non-hydrogen) atoms. The number of ether oxygens (including phenoxy) is 4. The number of nitrogens with one attached hydrogen (secondary N) is 1. The largest absolute Gasteiger partial charge is 0.497 e. The predicted octanol–water partition coefficient (Wildman–Crippen LogP) is 7.80. The molecule has 0 spiro atoms. The van der Waals surface area contributed by atoms with Gasteiger partial charge < -0.3 is 37.0 Å². The van der Waals surface area contributed by atoms with E-state index in [2.05, 4.69) is 9.37 Å². The van der Waals surface area contributed by atoms with Gasteiger partial charge in [0, 0.05) is 0 Å². The number of hydrogen-bond acceptors (Lipinski definition) is 11. The molecule has 0 saturated carbocycles.